The van der Waals surface area contributed by atoms with Gasteiger partial charge in [0.2, 0.25) is 0 Å². The number of anilines is 1. The Kier molecular flexibility index (Phi) is 6.96. The molecule has 1 aliphatic heterocycles. The Bertz CT molecular complexity index is 1230. The first kappa shape index (κ1) is 23.1. The highest BCUT2D eigenvalue weighted by molar-refractivity contribution is 6.05. The van der Waals surface area contributed by atoms with E-state index < -0.39 is 23.4 Å². The zero-order chi connectivity index (χ0) is 24.1. The molecule has 0 spiro atoms. The third kappa shape index (κ3) is 5.11. The lowest BCUT2D eigenvalue weighted by molar-refractivity contribution is 0.0716. The van der Waals surface area contributed by atoms with E-state index in [1.807, 2.05) is 0 Å². The molecular weight excluding hydrogens is 440 g/mol. The number of nitrogens with one attached hydrogen (secondary N) is 1. The van der Waals surface area contributed by atoms with Crippen LogP contribution in [0.1, 0.15) is 37.5 Å². The molecule has 6 nitrogen and oxygen atoms in total. The third-order valence-corrected chi connectivity index (χ3v) is 5.66. The summed E-state index contributed by atoms with van der Waals surface area (Å²) in [5.41, 5.74) is 0.650. The van der Waals surface area contributed by atoms with Crippen molar-refractivity contribution in [2.45, 2.75) is 6.42 Å². The number of carbonyl (C=O) groups excluding carboxylic acids is 3. The van der Waals surface area contributed by atoms with Crippen LogP contribution < -0.4 is 5.32 Å². The average Bonchev–Trinajstić information content (AvgIpc) is 3.10. The van der Waals surface area contributed by atoms with Gasteiger partial charge in [0.05, 0.1) is 11.1 Å². The molecule has 34 heavy (non-hydrogen) atoms. The van der Waals surface area contributed by atoms with Crippen LogP contribution in [0.2, 0.25) is 0 Å². The minimum absolute atomic E-state index is 0.0144. The second-order valence-electron chi connectivity index (χ2n) is 7.93. The van der Waals surface area contributed by atoms with E-state index in [1.165, 1.54) is 42.5 Å². The summed E-state index contributed by atoms with van der Waals surface area (Å²) >= 11 is 0. The molecule has 1 fully saturated rings. The summed E-state index contributed by atoms with van der Waals surface area (Å²) in [4.78, 5) is 41.4. The molecule has 0 saturated carbocycles. The molecule has 4 rings (SSSR count). The molecule has 0 bridgehead atoms. The SMILES string of the molecule is O=C(Nc1cccc(C(=O)N2CCCN(C(=O)c3ccccc3F)CC2)c1)c1ccccc1F. The van der Waals surface area contributed by atoms with Gasteiger partial charge in [0, 0.05) is 37.4 Å². The van der Waals surface area contributed by atoms with Gasteiger partial charge < -0.3 is 15.1 Å². The maximum absolute atomic E-state index is 14.0. The van der Waals surface area contributed by atoms with E-state index in [-0.39, 0.29) is 23.6 Å². The van der Waals surface area contributed by atoms with Gasteiger partial charge in [0.15, 0.2) is 0 Å². The monoisotopic (exact) mass is 463 g/mol. The molecule has 0 unspecified atom stereocenters. The minimum Gasteiger partial charge on any atom is -0.337 e. The molecule has 3 aromatic carbocycles. The van der Waals surface area contributed by atoms with Crippen molar-refractivity contribution in [3.05, 3.63) is 101 Å². The molecule has 1 heterocycles. The lowest BCUT2D eigenvalue weighted by atomic mass is 10.1. The largest absolute Gasteiger partial charge is 0.337 e. The molecule has 0 aliphatic carbocycles. The number of halogens is 2. The Balaban J connectivity index is 1.42. The van der Waals surface area contributed by atoms with E-state index in [9.17, 15) is 23.2 Å². The Morgan fingerprint density at radius 2 is 1.26 bits per heavy atom. The van der Waals surface area contributed by atoms with Crippen LogP contribution in [0.15, 0.2) is 72.8 Å². The number of benzene rings is 3. The maximum atomic E-state index is 14.0. The number of rotatable bonds is 4. The van der Waals surface area contributed by atoms with Crippen molar-refractivity contribution in [1.29, 1.82) is 0 Å². The standard InChI is InChI=1S/C26H23F2N3O3/c27-22-11-3-1-9-20(22)24(32)29-19-8-5-7-18(17-19)25(33)30-13-6-14-31(16-15-30)26(34)21-10-2-4-12-23(21)28/h1-5,7-12,17H,6,13-16H2,(H,29,32). The molecule has 1 aliphatic rings. The van der Waals surface area contributed by atoms with Gasteiger partial charge in [-0.25, -0.2) is 8.78 Å². The van der Waals surface area contributed by atoms with Crippen LogP contribution in [0.5, 0.6) is 0 Å². The van der Waals surface area contributed by atoms with Crippen LogP contribution in [-0.2, 0) is 0 Å². The first-order chi connectivity index (χ1) is 16.4. The molecule has 1 N–H and O–H groups in total. The third-order valence-electron chi connectivity index (χ3n) is 5.66. The predicted molar refractivity (Wildman–Crippen MR) is 124 cm³/mol. The fourth-order valence-electron chi connectivity index (χ4n) is 3.88. The molecule has 8 heteroatoms. The van der Waals surface area contributed by atoms with Gasteiger partial charge in [-0.3, -0.25) is 14.4 Å². The van der Waals surface area contributed by atoms with Crippen LogP contribution in [0.4, 0.5) is 14.5 Å². The van der Waals surface area contributed by atoms with Crippen LogP contribution in [0, 0.1) is 11.6 Å². The molecular formula is C26H23F2N3O3. The Morgan fingerprint density at radius 3 is 1.91 bits per heavy atom. The molecule has 0 aromatic heterocycles. The van der Waals surface area contributed by atoms with Crippen molar-refractivity contribution in [3.63, 3.8) is 0 Å². The minimum atomic E-state index is -0.633. The zero-order valence-electron chi connectivity index (χ0n) is 18.3. The number of nitrogens with zero attached hydrogens (tertiary/aromatic N) is 2. The highest BCUT2D eigenvalue weighted by Gasteiger charge is 2.25. The Labute approximate surface area is 195 Å². The fourth-order valence-corrected chi connectivity index (χ4v) is 3.88. The lowest BCUT2D eigenvalue weighted by Gasteiger charge is -2.22. The van der Waals surface area contributed by atoms with Crippen molar-refractivity contribution in [3.8, 4) is 0 Å². The molecule has 174 valence electrons. The molecule has 0 radical (unpaired) electrons. The zero-order valence-corrected chi connectivity index (χ0v) is 18.3. The van der Waals surface area contributed by atoms with Gasteiger partial charge in [-0.05, 0) is 48.9 Å². The van der Waals surface area contributed by atoms with Gasteiger partial charge in [-0.15, -0.1) is 0 Å². The van der Waals surface area contributed by atoms with Crippen LogP contribution in [-0.4, -0.2) is 53.7 Å². The number of carbonyl (C=O) groups is 3. The normalized spacial score (nSPS) is 13.8. The van der Waals surface area contributed by atoms with Gasteiger partial charge in [-0.1, -0.05) is 30.3 Å². The Hall–Kier alpha value is -4.07. The van der Waals surface area contributed by atoms with E-state index in [2.05, 4.69) is 5.32 Å². The second kappa shape index (κ2) is 10.2. The first-order valence-electron chi connectivity index (χ1n) is 10.9. The Morgan fingerprint density at radius 1 is 0.676 bits per heavy atom. The van der Waals surface area contributed by atoms with Gasteiger partial charge in [0.1, 0.15) is 11.6 Å². The summed E-state index contributed by atoms with van der Waals surface area (Å²) in [7, 11) is 0. The summed E-state index contributed by atoms with van der Waals surface area (Å²) < 4.78 is 27.9. The van der Waals surface area contributed by atoms with E-state index in [1.54, 1.807) is 40.1 Å². The van der Waals surface area contributed by atoms with E-state index >= 15 is 0 Å². The quantitative estimate of drug-likeness (QED) is 0.630. The number of hydrogen-bond acceptors (Lipinski definition) is 3. The van der Waals surface area contributed by atoms with Crippen molar-refractivity contribution >= 4 is 23.4 Å². The molecule has 1 saturated heterocycles. The number of amides is 3. The van der Waals surface area contributed by atoms with E-state index in [0.29, 0.717) is 37.3 Å². The van der Waals surface area contributed by atoms with Gasteiger partial charge >= 0.3 is 0 Å². The number of hydrogen-bond donors (Lipinski definition) is 1. The summed E-state index contributed by atoms with van der Waals surface area (Å²) in [5, 5.41) is 2.62. The summed E-state index contributed by atoms with van der Waals surface area (Å²) in [6.45, 7) is 1.43. The fraction of sp³-hybridized carbons (Fsp3) is 0.192. The average molecular weight is 463 g/mol. The van der Waals surface area contributed by atoms with Gasteiger partial charge in [-0.2, -0.15) is 0 Å². The second-order valence-corrected chi connectivity index (χ2v) is 7.93. The molecule has 3 aromatic rings. The predicted octanol–water partition coefficient (Wildman–Crippen LogP) is 4.21. The highest BCUT2D eigenvalue weighted by atomic mass is 19.1. The highest BCUT2D eigenvalue weighted by Crippen LogP contribution is 2.18. The van der Waals surface area contributed by atoms with E-state index in [4.69, 9.17) is 0 Å². The summed E-state index contributed by atoms with van der Waals surface area (Å²) in [5.74, 6) is -2.46. The van der Waals surface area contributed by atoms with Crippen molar-refractivity contribution < 1.29 is 23.2 Å². The summed E-state index contributed by atoms with van der Waals surface area (Å²) in [6, 6.07) is 17.9. The van der Waals surface area contributed by atoms with Crippen LogP contribution >= 0.6 is 0 Å². The summed E-state index contributed by atoms with van der Waals surface area (Å²) in [6.07, 6.45) is 0.551. The maximum Gasteiger partial charge on any atom is 0.258 e. The van der Waals surface area contributed by atoms with Crippen molar-refractivity contribution in [1.82, 2.24) is 9.80 Å². The van der Waals surface area contributed by atoms with Crippen molar-refractivity contribution in [2.24, 2.45) is 0 Å². The van der Waals surface area contributed by atoms with Crippen molar-refractivity contribution in [2.75, 3.05) is 31.5 Å². The lowest BCUT2D eigenvalue weighted by Crippen LogP contribution is -2.37. The van der Waals surface area contributed by atoms with E-state index in [0.717, 1.165) is 0 Å². The molecule has 3 amide bonds. The van der Waals surface area contributed by atoms with Crippen LogP contribution in [0.25, 0.3) is 0 Å². The smallest absolute Gasteiger partial charge is 0.258 e. The topological polar surface area (TPSA) is 69.7 Å². The van der Waals surface area contributed by atoms with Crippen LogP contribution in [0.3, 0.4) is 0 Å². The molecule has 0 atom stereocenters. The first-order valence-corrected chi connectivity index (χ1v) is 10.9. The van der Waals surface area contributed by atoms with Gasteiger partial charge in [0.25, 0.3) is 17.7 Å².